The third-order valence-electron chi connectivity index (χ3n) is 3.53. The number of rotatable bonds is 3. The van der Waals surface area contributed by atoms with Crippen LogP contribution in [0.1, 0.15) is 12.5 Å². The maximum atomic E-state index is 13.5. The molecule has 5 heteroatoms. The van der Waals surface area contributed by atoms with Crippen LogP contribution in [0.4, 0.5) is 8.78 Å². The fourth-order valence-corrected chi connectivity index (χ4v) is 2.25. The lowest BCUT2D eigenvalue weighted by Gasteiger charge is -2.34. The molecule has 0 aromatic heterocycles. The second-order valence-electron chi connectivity index (χ2n) is 4.73. The van der Waals surface area contributed by atoms with E-state index in [0.29, 0.717) is 13.1 Å². The fourth-order valence-electron chi connectivity index (χ4n) is 2.25. The van der Waals surface area contributed by atoms with Crippen molar-refractivity contribution in [3.8, 4) is 0 Å². The van der Waals surface area contributed by atoms with Crippen LogP contribution >= 0.6 is 0 Å². The second kappa shape index (κ2) is 6.10. The number of carbonyl (C=O) groups is 1. The van der Waals surface area contributed by atoms with E-state index in [4.69, 9.17) is 0 Å². The summed E-state index contributed by atoms with van der Waals surface area (Å²) in [5.41, 5.74) is 0.254. The van der Waals surface area contributed by atoms with Crippen molar-refractivity contribution < 1.29 is 13.6 Å². The van der Waals surface area contributed by atoms with E-state index in [-0.39, 0.29) is 17.9 Å². The van der Waals surface area contributed by atoms with Gasteiger partial charge in [-0.15, -0.1) is 0 Å². The van der Waals surface area contributed by atoms with E-state index in [9.17, 15) is 13.6 Å². The summed E-state index contributed by atoms with van der Waals surface area (Å²) in [6.07, 6.45) is -0.00175. The number of carbonyl (C=O) groups excluding carboxylic acids is 1. The Morgan fingerprint density at radius 2 is 1.89 bits per heavy atom. The summed E-state index contributed by atoms with van der Waals surface area (Å²) in [6.45, 7) is 6.13. The molecule has 0 N–H and O–H groups in total. The molecule has 0 radical (unpaired) electrons. The first-order valence-electron chi connectivity index (χ1n) is 6.54. The summed E-state index contributed by atoms with van der Waals surface area (Å²) in [4.78, 5) is 16.1. The molecule has 0 spiro atoms. The van der Waals surface area contributed by atoms with Gasteiger partial charge in [0.25, 0.3) is 0 Å². The van der Waals surface area contributed by atoms with Crippen LogP contribution < -0.4 is 0 Å². The van der Waals surface area contributed by atoms with E-state index >= 15 is 0 Å². The normalized spacial score (nSPS) is 16.7. The smallest absolute Gasteiger partial charge is 0.227 e. The van der Waals surface area contributed by atoms with Gasteiger partial charge < -0.3 is 9.80 Å². The Labute approximate surface area is 111 Å². The molecule has 0 bridgehead atoms. The van der Waals surface area contributed by atoms with Crippen LogP contribution in [0.5, 0.6) is 0 Å². The summed E-state index contributed by atoms with van der Waals surface area (Å²) < 4.78 is 26.3. The molecule has 19 heavy (non-hydrogen) atoms. The van der Waals surface area contributed by atoms with Crippen LogP contribution in [0.15, 0.2) is 18.2 Å². The first-order valence-corrected chi connectivity index (χ1v) is 6.54. The lowest BCUT2D eigenvalue weighted by Crippen LogP contribution is -2.48. The van der Waals surface area contributed by atoms with Gasteiger partial charge in [0.1, 0.15) is 11.6 Å². The SMILES string of the molecule is CCN1CCN(C(=O)Cc2ccc(F)cc2F)CC1. The molecular weight excluding hydrogens is 250 g/mol. The van der Waals surface area contributed by atoms with Gasteiger partial charge in [-0.05, 0) is 18.2 Å². The maximum Gasteiger partial charge on any atom is 0.227 e. The van der Waals surface area contributed by atoms with Crippen molar-refractivity contribution >= 4 is 5.91 Å². The molecule has 104 valence electrons. The molecule has 1 aliphatic heterocycles. The van der Waals surface area contributed by atoms with E-state index in [0.717, 1.165) is 25.7 Å². The molecule has 0 aliphatic carbocycles. The third-order valence-corrected chi connectivity index (χ3v) is 3.53. The van der Waals surface area contributed by atoms with Crippen LogP contribution in [-0.4, -0.2) is 48.4 Å². The average Bonchev–Trinajstić information content (AvgIpc) is 2.42. The van der Waals surface area contributed by atoms with E-state index in [1.165, 1.54) is 12.1 Å². The number of hydrogen-bond donors (Lipinski definition) is 0. The molecular formula is C14H18F2N2O. The Morgan fingerprint density at radius 3 is 2.47 bits per heavy atom. The maximum absolute atomic E-state index is 13.5. The van der Waals surface area contributed by atoms with Gasteiger partial charge in [-0.25, -0.2) is 8.78 Å². The van der Waals surface area contributed by atoms with Crippen molar-refractivity contribution in [2.75, 3.05) is 32.7 Å². The molecule has 0 atom stereocenters. The summed E-state index contributed by atoms with van der Waals surface area (Å²) >= 11 is 0. The summed E-state index contributed by atoms with van der Waals surface area (Å²) in [5, 5.41) is 0. The molecule has 1 heterocycles. The molecule has 1 fully saturated rings. The highest BCUT2D eigenvalue weighted by molar-refractivity contribution is 5.79. The fraction of sp³-hybridized carbons (Fsp3) is 0.500. The number of benzene rings is 1. The number of hydrogen-bond acceptors (Lipinski definition) is 2. The van der Waals surface area contributed by atoms with Crippen LogP contribution in [0.3, 0.4) is 0 Å². The van der Waals surface area contributed by atoms with Gasteiger partial charge in [0.2, 0.25) is 5.91 Å². The number of piperazine rings is 1. The molecule has 1 aliphatic rings. The van der Waals surface area contributed by atoms with Crippen LogP contribution in [0, 0.1) is 11.6 Å². The number of nitrogens with zero attached hydrogens (tertiary/aromatic N) is 2. The van der Waals surface area contributed by atoms with Gasteiger partial charge in [0, 0.05) is 32.2 Å². The summed E-state index contributed by atoms with van der Waals surface area (Å²) in [5.74, 6) is -1.37. The number of halogens is 2. The molecule has 1 aromatic carbocycles. The predicted octanol–water partition coefficient (Wildman–Crippen LogP) is 1.67. The van der Waals surface area contributed by atoms with Crippen LogP contribution in [0.2, 0.25) is 0 Å². The standard InChI is InChI=1S/C14H18F2N2O/c1-2-17-5-7-18(8-6-17)14(19)9-11-3-4-12(15)10-13(11)16/h3-4,10H,2,5-9H2,1H3. The quantitative estimate of drug-likeness (QED) is 0.832. The van der Waals surface area contributed by atoms with Gasteiger partial charge in [-0.1, -0.05) is 13.0 Å². The van der Waals surface area contributed by atoms with Gasteiger partial charge in [0.15, 0.2) is 0 Å². The Balaban J connectivity index is 1.94. The molecule has 1 saturated heterocycles. The van der Waals surface area contributed by atoms with Gasteiger partial charge in [0.05, 0.1) is 6.42 Å². The lowest BCUT2D eigenvalue weighted by molar-refractivity contribution is -0.132. The number of likely N-dealkylation sites (N-methyl/N-ethyl adjacent to an activating group) is 1. The van der Waals surface area contributed by atoms with E-state index in [1.807, 2.05) is 0 Å². The van der Waals surface area contributed by atoms with Gasteiger partial charge in [-0.3, -0.25) is 4.79 Å². The van der Waals surface area contributed by atoms with Crippen molar-refractivity contribution in [3.05, 3.63) is 35.4 Å². The largest absolute Gasteiger partial charge is 0.340 e. The zero-order valence-corrected chi connectivity index (χ0v) is 11.0. The van der Waals surface area contributed by atoms with Crippen molar-refractivity contribution in [1.29, 1.82) is 0 Å². The Kier molecular flexibility index (Phi) is 4.47. The van der Waals surface area contributed by atoms with Gasteiger partial charge >= 0.3 is 0 Å². The van der Waals surface area contributed by atoms with Crippen molar-refractivity contribution in [2.24, 2.45) is 0 Å². The summed E-state index contributed by atoms with van der Waals surface area (Å²) in [7, 11) is 0. The van der Waals surface area contributed by atoms with Crippen molar-refractivity contribution in [3.63, 3.8) is 0 Å². The van der Waals surface area contributed by atoms with E-state index in [1.54, 1.807) is 4.90 Å². The Bertz CT molecular complexity index is 457. The van der Waals surface area contributed by atoms with E-state index in [2.05, 4.69) is 11.8 Å². The minimum Gasteiger partial charge on any atom is -0.340 e. The van der Waals surface area contributed by atoms with Crippen molar-refractivity contribution in [2.45, 2.75) is 13.3 Å². The Hall–Kier alpha value is -1.49. The van der Waals surface area contributed by atoms with Crippen LogP contribution in [-0.2, 0) is 11.2 Å². The summed E-state index contributed by atoms with van der Waals surface area (Å²) in [6, 6.07) is 3.34. The van der Waals surface area contributed by atoms with Crippen molar-refractivity contribution in [1.82, 2.24) is 9.80 Å². The van der Waals surface area contributed by atoms with Gasteiger partial charge in [-0.2, -0.15) is 0 Å². The highest BCUT2D eigenvalue weighted by Crippen LogP contribution is 2.12. The first kappa shape index (κ1) is 13.9. The lowest BCUT2D eigenvalue weighted by atomic mass is 10.1. The molecule has 0 unspecified atom stereocenters. The molecule has 0 saturated carbocycles. The monoisotopic (exact) mass is 268 g/mol. The zero-order valence-electron chi connectivity index (χ0n) is 11.0. The minimum atomic E-state index is -0.652. The van der Waals surface area contributed by atoms with Crippen LogP contribution in [0.25, 0.3) is 0 Å². The first-order chi connectivity index (χ1) is 9.10. The predicted molar refractivity (Wildman–Crippen MR) is 68.8 cm³/mol. The highest BCUT2D eigenvalue weighted by Gasteiger charge is 2.21. The molecule has 1 aromatic rings. The average molecular weight is 268 g/mol. The number of amides is 1. The molecule has 2 rings (SSSR count). The van der Waals surface area contributed by atoms with E-state index < -0.39 is 11.6 Å². The highest BCUT2D eigenvalue weighted by atomic mass is 19.1. The zero-order chi connectivity index (χ0) is 13.8. The molecule has 1 amide bonds. The second-order valence-corrected chi connectivity index (χ2v) is 4.73. The topological polar surface area (TPSA) is 23.6 Å². The third kappa shape index (κ3) is 3.50. The Morgan fingerprint density at radius 1 is 1.21 bits per heavy atom. The molecule has 3 nitrogen and oxygen atoms in total. The minimum absolute atomic E-state index is 0.00175.